The summed E-state index contributed by atoms with van der Waals surface area (Å²) in [6.07, 6.45) is 1.80. The number of rotatable bonds is 6. The van der Waals surface area contributed by atoms with Crippen molar-refractivity contribution in [1.29, 1.82) is 0 Å². The van der Waals surface area contributed by atoms with E-state index in [1.165, 1.54) is 11.1 Å². The molecule has 2 rings (SSSR count). The van der Waals surface area contributed by atoms with Gasteiger partial charge in [0.2, 0.25) is 0 Å². The van der Waals surface area contributed by atoms with E-state index in [4.69, 9.17) is 15.2 Å². The minimum absolute atomic E-state index is 0.163. The first-order valence-electron chi connectivity index (χ1n) is 7.23. The van der Waals surface area contributed by atoms with Crippen molar-refractivity contribution in [3.05, 3.63) is 59.2 Å². The Hall–Kier alpha value is -2.00. The SMILES string of the molecule is CCc1ccc(CC(N)c2c(OC)cccc2OC)cc1. The Balaban J connectivity index is 2.24. The quantitative estimate of drug-likeness (QED) is 0.883. The van der Waals surface area contributed by atoms with E-state index in [9.17, 15) is 0 Å². The second-order valence-electron chi connectivity index (χ2n) is 5.06. The Bertz CT molecular complexity index is 556. The van der Waals surface area contributed by atoms with E-state index in [2.05, 4.69) is 31.2 Å². The Morgan fingerprint density at radius 2 is 1.43 bits per heavy atom. The lowest BCUT2D eigenvalue weighted by Gasteiger charge is -2.19. The molecule has 1 unspecified atom stereocenters. The number of nitrogens with two attached hydrogens (primary N) is 1. The van der Waals surface area contributed by atoms with Crippen LogP contribution in [0.25, 0.3) is 0 Å². The van der Waals surface area contributed by atoms with Crippen LogP contribution in [0.2, 0.25) is 0 Å². The summed E-state index contributed by atoms with van der Waals surface area (Å²) in [5, 5.41) is 0. The normalized spacial score (nSPS) is 12.0. The molecule has 0 saturated heterocycles. The molecule has 1 atom stereocenters. The number of hydrogen-bond donors (Lipinski definition) is 1. The molecule has 0 bridgehead atoms. The Kier molecular flexibility index (Phi) is 5.23. The lowest BCUT2D eigenvalue weighted by atomic mass is 9.97. The number of benzene rings is 2. The van der Waals surface area contributed by atoms with Crippen LogP contribution in [0.1, 0.15) is 29.7 Å². The highest BCUT2D eigenvalue weighted by Crippen LogP contribution is 2.34. The molecule has 0 amide bonds. The molecule has 112 valence electrons. The summed E-state index contributed by atoms with van der Waals surface area (Å²) in [6, 6.07) is 14.2. The standard InChI is InChI=1S/C18H23NO2/c1-4-13-8-10-14(11-9-13)12-15(19)18-16(20-2)6-5-7-17(18)21-3/h5-11,15H,4,12,19H2,1-3H3. The van der Waals surface area contributed by atoms with Gasteiger partial charge in [-0.15, -0.1) is 0 Å². The van der Waals surface area contributed by atoms with E-state index in [0.29, 0.717) is 0 Å². The Labute approximate surface area is 126 Å². The molecule has 21 heavy (non-hydrogen) atoms. The summed E-state index contributed by atoms with van der Waals surface area (Å²) < 4.78 is 10.8. The molecule has 0 saturated carbocycles. The molecule has 0 aliphatic heterocycles. The van der Waals surface area contributed by atoms with Crippen LogP contribution in [0.15, 0.2) is 42.5 Å². The average molecular weight is 285 g/mol. The molecular weight excluding hydrogens is 262 g/mol. The monoisotopic (exact) mass is 285 g/mol. The summed E-state index contributed by atoms with van der Waals surface area (Å²) in [4.78, 5) is 0. The first-order valence-corrected chi connectivity index (χ1v) is 7.23. The molecule has 2 N–H and O–H groups in total. The first-order chi connectivity index (χ1) is 10.2. The maximum absolute atomic E-state index is 6.39. The smallest absolute Gasteiger partial charge is 0.127 e. The van der Waals surface area contributed by atoms with Gasteiger partial charge in [-0.25, -0.2) is 0 Å². The van der Waals surface area contributed by atoms with Crippen molar-refractivity contribution in [3.63, 3.8) is 0 Å². The minimum Gasteiger partial charge on any atom is -0.496 e. The number of methoxy groups -OCH3 is 2. The van der Waals surface area contributed by atoms with Crippen molar-refractivity contribution in [2.24, 2.45) is 5.73 Å². The van der Waals surface area contributed by atoms with Crippen LogP contribution < -0.4 is 15.2 Å². The van der Waals surface area contributed by atoms with Crippen molar-refractivity contribution < 1.29 is 9.47 Å². The predicted octanol–water partition coefficient (Wildman–Crippen LogP) is 3.51. The fraction of sp³-hybridized carbons (Fsp3) is 0.333. The maximum atomic E-state index is 6.39. The highest BCUT2D eigenvalue weighted by Gasteiger charge is 2.17. The summed E-state index contributed by atoms with van der Waals surface area (Å²) in [7, 11) is 3.31. The zero-order valence-corrected chi connectivity index (χ0v) is 12.9. The van der Waals surface area contributed by atoms with Gasteiger partial charge in [0.15, 0.2) is 0 Å². The molecule has 2 aromatic carbocycles. The molecule has 0 radical (unpaired) electrons. The molecule has 0 spiro atoms. The van der Waals surface area contributed by atoms with Gasteiger partial charge in [-0.3, -0.25) is 0 Å². The van der Waals surface area contributed by atoms with E-state index < -0.39 is 0 Å². The van der Waals surface area contributed by atoms with Crippen LogP contribution in [-0.4, -0.2) is 14.2 Å². The van der Waals surface area contributed by atoms with Crippen LogP contribution >= 0.6 is 0 Å². The molecule has 2 aromatic rings. The molecule has 0 aliphatic rings. The maximum Gasteiger partial charge on any atom is 0.127 e. The van der Waals surface area contributed by atoms with Gasteiger partial charge < -0.3 is 15.2 Å². The number of aryl methyl sites for hydroxylation is 1. The van der Waals surface area contributed by atoms with Crippen LogP contribution in [0.3, 0.4) is 0 Å². The summed E-state index contributed by atoms with van der Waals surface area (Å²) in [5.41, 5.74) is 9.86. The van der Waals surface area contributed by atoms with Gasteiger partial charge in [0, 0.05) is 6.04 Å². The number of ether oxygens (including phenoxy) is 2. The van der Waals surface area contributed by atoms with Crippen LogP contribution in [0, 0.1) is 0 Å². The number of hydrogen-bond acceptors (Lipinski definition) is 3. The van der Waals surface area contributed by atoms with Crippen molar-refractivity contribution in [1.82, 2.24) is 0 Å². The Morgan fingerprint density at radius 1 is 0.905 bits per heavy atom. The highest BCUT2D eigenvalue weighted by atomic mass is 16.5. The molecule has 0 fully saturated rings. The zero-order chi connectivity index (χ0) is 15.2. The van der Waals surface area contributed by atoms with Crippen molar-refractivity contribution >= 4 is 0 Å². The molecule has 0 aliphatic carbocycles. The third-order valence-electron chi connectivity index (χ3n) is 3.72. The third kappa shape index (κ3) is 3.56. The molecule has 0 heterocycles. The van der Waals surface area contributed by atoms with Crippen molar-refractivity contribution in [2.75, 3.05) is 14.2 Å². The lowest BCUT2D eigenvalue weighted by molar-refractivity contribution is 0.379. The second-order valence-corrected chi connectivity index (χ2v) is 5.06. The Morgan fingerprint density at radius 3 is 1.90 bits per heavy atom. The van der Waals surface area contributed by atoms with Crippen LogP contribution in [0.4, 0.5) is 0 Å². The average Bonchev–Trinajstić information content (AvgIpc) is 2.54. The van der Waals surface area contributed by atoms with E-state index in [-0.39, 0.29) is 6.04 Å². The predicted molar refractivity (Wildman–Crippen MR) is 86.0 cm³/mol. The second kappa shape index (κ2) is 7.14. The lowest BCUT2D eigenvalue weighted by Crippen LogP contribution is -2.15. The van der Waals surface area contributed by atoms with E-state index in [0.717, 1.165) is 29.9 Å². The molecule has 0 aromatic heterocycles. The summed E-state index contributed by atoms with van der Waals surface area (Å²) in [6.45, 7) is 2.15. The van der Waals surface area contributed by atoms with Crippen molar-refractivity contribution in [3.8, 4) is 11.5 Å². The molecule has 3 nitrogen and oxygen atoms in total. The van der Waals surface area contributed by atoms with Gasteiger partial charge in [-0.05, 0) is 36.1 Å². The molecule has 3 heteroatoms. The minimum atomic E-state index is -0.163. The van der Waals surface area contributed by atoms with Gasteiger partial charge in [0.1, 0.15) is 11.5 Å². The first kappa shape index (κ1) is 15.4. The largest absolute Gasteiger partial charge is 0.496 e. The van der Waals surface area contributed by atoms with Gasteiger partial charge in [0.25, 0.3) is 0 Å². The fourth-order valence-electron chi connectivity index (χ4n) is 2.51. The van der Waals surface area contributed by atoms with E-state index >= 15 is 0 Å². The summed E-state index contributed by atoms with van der Waals surface area (Å²) >= 11 is 0. The summed E-state index contributed by atoms with van der Waals surface area (Å²) in [5.74, 6) is 1.54. The van der Waals surface area contributed by atoms with Gasteiger partial charge in [-0.1, -0.05) is 37.3 Å². The van der Waals surface area contributed by atoms with E-state index in [1.54, 1.807) is 14.2 Å². The zero-order valence-electron chi connectivity index (χ0n) is 12.9. The fourth-order valence-corrected chi connectivity index (χ4v) is 2.51. The molecular formula is C18H23NO2. The topological polar surface area (TPSA) is 44.5 Å². The van der Waals surface area contributed by atoms with Gasteiger partial charge in [-0.2, -0.15) is 0 Å². The highest BCUT2D eigenvalue weighted by molar-refractivity contribution is 5.47. The third-order valence-corrected chi connectivity index (χ3v) is 3.72. The van der Waals surface area contributed by atoms with Crippen LogP contribution in [-0.2, 0) is 12.8 Å². The van der Waals surface area contributed by atoms with Crippen molar-refractivity contribution in [2.45, 2.75) is 25.8 Å². The van der Waals surface area contributed by atoms with Gasteiger partial charge >= 0.3 is 0 Å². The van der Waals surface area contributed by atoms with E-state index in [1.807, 2.05) is 18.2 Å². The van der Waals surface area contributed by atoms with Crippen LogP contribution in [0.5, 0.6) is 11.5 Å². The van der Waals surface area contributed by atoms with Gasteiger partial charge in [0.05, 0.1) is 19.8 Å².